The van der Waals surface area contributed by atoms with E-state index in [9.17, 15) is 0 Å². The van der Waals surface area contributed by atoms with E-state index in [0.717, 1.165) is 0 Å². The van der Waals surface area contributed by atoms with E-state index in [1.54, 1.807) is 42.5 Å². The van der Waals surface area contributed by atoms with Gasteiger partial charge in [-0.1, -0.05) is 29.8 Å². The highest BCUT2D eigenvalue weighted by molar-refractivity contribution is 6.31. The Morgan fingerprint density at radius 3 is 2.67 bits per heavy atom. The van der Waals surface area contributed by atoms with Crippen LogP contribution in [0, 0.1) is 11.3 Å². The monoisotopic (exact) mass is 259 g/mol. The van der Waals surface area contributed by atoms with Crippen molar-refractivity contribution < 1.29 is 9.84 Å². The van der Waals surface area contributed by atoms with Crippen LogP contribution in [0.25, 0.3) is 0 Å². The van der Waals surface area contributed by atoms with E-state index in [-0.39, 0.29) is 6.61 Å². The zero-order valence-corrected chi connectivity index (χ0v) is 10.2. The summed E-state index contributed by atoms with van der Waals surface area (Å²) in [5.74, 6) is 1.01. The SMILES string of the molecule is N#Cc1ccccc1Oc1ccc(CO)c(Cl)c1. The van der Waals surface area contributed by atoms with Crippen molar-refractivity contribution in [1.29, 1.82) is 5.26 Å². The molecule has 0 aliphatic rings. The summed E-state index contributed by atoms with van der Waals surface area (Å²) in [6.07, 6.45) is 0. The van der Waals surface area contributed by atoms with Crippen LogP contribution in [0.15, 0.2) is 42.5 Å². The summed E-state index contributed by atoms with van der Waals surface area (Å²) >= 11 is 5.96. The first-order valence-electron chi connectivity index (χ1n) is 5.31. The summed E-state index contributed by atoms with van der Waals surface area (Å²) in [5.41, 5.74) is 1.09. The van der Waals surface area contributed by atoms with Crippen molar-refractivity contribution in [3.05, 3.63) is 58.6 Å². The Morgan fingerprint density at radius 2 is 2.00 bits per heavy atom. The molecule has 0 aliphatic heterocycles. The van der Waals surface area contributed by atoms with Gasteiger partial charge in [-0.05, 0) is 29.8 Å². The minimum absolute atomic E-state index is 0.117. The summed E-state index contributed by atoms with van der Waals surface area (Å²) < 4.78 is 5.59. The predicted octanol–water partition coefficient (Wildman–Crippen LogP) is 3.50. The fraction of sp³-hybridized carbons (Fsp3) is 0.0714. The molecular weight excluding hydrogens is 250 g/mol. The van der Waals surface area contributed by atoms with Crippen molar-refractivity contribution in [3.63, 3.8) is 0 Å². The molecule has 2 aromatic carbocycles. The molecule has 4 heteroatoms. The maximum atomic E-state index is 9.01. The van der Waals surface area contributed by atoms with Gasteiger partial charge >= 0.3 is 0 Å². The Bertz CT molecular complexity index is 605. The van der Waals surface area contributed by atoms with Gasteiger partial charge in [-0.15, -0.1) is 0 Å². The second-order valence-electron chi connectivity index (χ2n) is 3.62. The molecular formula is C14H10ClNO2. The first-order valence-corrected chi connectivity index (χ1v) is 5.68. The van der Waals surface area contributed by atoms with Crippen LogP contribution in [0.3, 0.4) is 0 Å². The van der Waals surface area contributed by atoms with Crippen molar-refractivity contribution in [2.45, 2.75) is 6.61 Å². The van der Waals surface area contributed by atoms with Gasteiger partial charge in [0.25, 0.3) is 0 Å². The molecule has 3 nitrogen and oxygen atoms in total. The van der Waals surface area contributed by atoms with Crippen LogP contribution in [0.5, 0.6) is 11.5 Å². The highest BCUT2D eigenvalue weighted by Crippen LogP contribution is 2.28. The van der Waals surface area contributed by atoms with Gasteiger partial charge in [0, 0.05) is 5.02 Å². The summed E-state index contributed by atoms with van der Waals surface area (Å²) in [5, 5.41) is 18.4. The highest BCUT2D eigenvalue weighted by atomic mass is 35.5. The van der Waals surface area contributed by atoms with Crippen molar-refractivity contribution >= 4 is 11.6 Å². The van der Waals surface area contributed by atoms with E-state index in [1.165, 1.54) is 0 Å². The van der Waals surface area contributed by atoms with E-state index in [2.05, 4.69) is 6.07 Å². The predicted molar refractivity (Wildman–Crippen MR) is 68.6 cm³/mol. The number of rotatable bonds is 3. The third kappa shape index (κ3) is 2.62. The summed E-state index contributed by atoms with van der Waals surface area (Å²) in [7, 11) is 0. The molecule has 0 radical (unpaired) electrons. The topological polar surface area (TPSA) is 53.2 Å². The largest absolute Gasteiger partial charge is 0.456 e. The standard InChI is InChI=1S/C14H10ClNO2/c15-13-7-12(6-5-11(13)9-17)18-14-4-2-1-3-10(14)8-16/h1-7,17H,9H2. The molecule has 0 aliphatic carbocycles. The highest BCUT2D eigenvalue weighted by Gasteiger charge is 2.06. The summed E-state index contributed by atoms with van der Waals surface area (Å²) in [6, 6.07) is 14.0. The minimum Gasteiger partial charge on any atom is -0.456 e. The molecule has 0 spiro atoms. The number of hydrogen-bond donors (Lipinski definition) is 1. The molecule has 0 amide bonds. The quantitative estimate of drug-likeness (QED) is 0.918. The Labute approximate surface area is 110 Å². The molecule has 0 atom stereocenters. The van der Waals surface area contributed by atoms with Gasteiger partial charge in [-0.3, -0.25) is 0 Å². The van der Waals surface area contributed by atoms with Gasteiger partial charge in [0.1, 0.15) is 17.6 Å². The van der Waals surface area contributed by atoms with E-state index >= 15 is 0 Å². The fourth-order valence-electron chi connectivity index (χ4n) is 1.49. The number of aliphatic hydroxyl groups is 1. The zero-order chi connectivity index (χ0) is 13.0. The Kier molecular flexibility index (Phi) is 3.83. The number of hydrogen-bond acceptors (Lipinski definition) is 3. The molecule has 0 fully saturated rings. The lowest BCUT2D eigenvalue weighted by atomic mass is 10.2. The third-order valence-corrected chi connectivity index (χ3v) is 2.78. The second kappa shape index (κ2) is 5.54. The van der Waals surface area contributed by atoms with Crippen LogP contribution in [-0.4, -0.2) is 5.11 Å². The Hall–Kier alpha value is -2.02. The lowest BCUT2D eigenvalue weighted by Crippen LogP contribution is -1.90. The lowest BCUT2D eigenvalue weighted by molar-refractivity contribution is 0.282. The van der Waals surface area contributed by atoms with Gasteiger partial charge in [0.2, 0.25) is 0 Å². The second-order valence-corrected chi connectivity index (χ2v) is 4.03. The van der Waals surface area contributed by atoms with E-state index < -0.39 is 0 Å². The Balaban J connectivity index is 2.29. The number of aliphatic hydroxyl groups excluding tert-OH is 1. The zero-order valence-electron chi connectivity index (χ0n) is 9.43. The molecule has 0 saturated carbocycles. The molecule has 0 aromatic heterocycles. The number of benzene rings is 2. The maximum absolute atomic E-state index is 9.01. The summed E-state index contributed by atoms with van der Waals surface area (Å²) in [4.78, 5) is 0. The smallest absolute Gasteiger partial charge is 0.145 e. The van der Waals surface area contributed by atoms with Gasteiger partial charge in [0.05, 0.1) is 12.2 Å². The first-order chi connectivity index (χ1) is 8.74. The third-order valence-electron chi connectivity index (χ3n) is 2.43. The number of nitriles is 1. The number of nitrogens with zero attached hydrogens (tertiary/aromatic N) is 1. The molecule has 2 aromatic rings. The van der Waals surface area contributed by atoms with Crippen molar-refractivity contribution in [1.82, 2.24) is 0 Å². The molecule has 18 heavy (non-hydrogen) atoms. The van der Waals surface area contributed by atoms with Crippen LogP contribution in [0.2, 0.25) is 5.02 Å². The van der Waals surface area contributed by atoms with E-state index in [1.807, 2.05) is 0 Å². The van der Waals surface area contributed by atoms with Crippen LogP contribution in [0.4, 0.5) is 0 Å². The van der Waals surface area contributed by atoms with Crippen LogP contribution in [0.1, 0.15) is 11.1 Å². The van der Waals surface area contributed by atoms with Crippen molar-refractivity contribution in [2.75, 3.05) is 0 Å². The molecule has 0 bridgehead atoms. The van der Waals surface area contributed by atoms with Gasteiger partial charge in [0.15, 0.2) is 0 Å². The molecule has 1 N–H and O–H groups in total. The first kappa shape index (κ1) is 12.4. The molecule has 0 saturated heterocycles. The van der Waals surface area contributed by atoms with Crippen LogP contribution in [-0.2, 0) is 6.61 Å². The van der Waals surface area contributed by atoms with Gasteiger partial charge in [-0.2, -0.15) is 5.26 Å². The number of para-hydroxylation sites is 1. The van der Waals surface area contributed by atoms with Gasteiger partial charge < -0.3 is 9.84 Å². The van der Waals surface area contributed by atoms with E-state index in [0.29, 0.717) is 27.6 Å². The fourth-order valence-corrected chi connectivity index (χ4v) is 1.73. The molecule has 0 heterocycles. The lowest BCUT2D eigenvalue weighted by Gasteiger charge is -2.08. The number of halogens is 1. The average molecular weight is 260 g/mol. The maximum Gasteiger partial charge on any atom is 0.145 e. The van der Waals surface area contributed by atoms with Crippen molar-refractivity contribution in [3.8, 4) is 17.6 Å². The summed E-state index contributed by atoms with van der Waals surface area (Å²) in [6.45, 7) is -0.117. The van der Waals surface area contributed by atoms with E-state index in [4.69, 9.17) is 26.7 Å². The number of ether oxygens (including phenoxy) is 1. The average Bonchev–Trinajstić information content (AvgIpc) is 2.39. The normalized spacial score (nSPS) is 9.83. The molecule has 2 rings (SSSR count). The van der Waals surface area contributed by atoms with Gasteiger partial charge in [-0.25, -0.2) is 0 Å². The Morgan fingerprint density at radius 1 is 1.22 bits per heavy atom. The van der Waals surface area contributed by atoms with Crippen LogP contribution < -0.4 is 4.74 Å². The van der Waals surface area contributed by atoms with Crippen LogP contribution >= 0.6 is 11.6 Å². The van der Waals surface area contributed by atoms with Crippen molar-refractivity contribution in [2.24, 2.45) is 0 Å². The minimum atomic E-state index is -0.117. The molecule has 90 valence electrons. The molecule has 0 unspecified atom stereocenters.